The number of imidazole rings is 1. The van der Waals surface area contributed by atoms with Crippen molar-refractivity contribution >= 4 is 0 Å². The molecule has 2 rings (SSSR count). The average molecular weight is 193 g/mol. The smallest absolute Gasteiger partial charge is 0.122 e. The molecule has 0 fully saturated rings. The van der Waals surface area contributed by atoms with Crippen molar-refractivity contribution < 1.29 is 0 Å². The summed E-state index contributed by atoms with van der Waals surface area (Å²) in [5.74, 6) is 1.21. The lowest BCUT2D eigenvalue weighted by atomic mass is 9.98. The Morgan fingerprint density at radius 3 is 2.93 bits per heavy atom. The second kappa shape index (κ2) is 3.39. The van der Waals surface area contributed by atoms with Gasteiger partial charge >= 0.3 is 0 Å². The topological polar surface area (TPSA) is 21.1 Å². The molecule has 0 aliphatic carbocycles. The van der Waals surface area contributed by atoms with E-state index in [0.717, 1.165) is 19.6 Å². The summed E-state index contributed by atoms with van der Waals surface area (Å²) in [5, 5.41) is 0. The van der Waals surface area contributed by atoms with E-state index in [-0.39, 0.29) is 0 Å². The molecule has 3 nitrogen and oxygen atoms in total. The summed E-state index contributed by atoms with van der Waals surface area (Å²) < 4.78 is 2.25. The predicted octanol–water partition coefficient (Wildman–Crippen LogP) is 1.89. The second-order valence-corrected chi connectivity index (χ2v) is 4.62. The average Bonchev–Trinajstić information content (AvgIpc) is 2.64. The maximum Gasteiger partial charge on any atom is 0.122 e. The highest BCUT2D eigenvalue weighted by molar-refractivity contribution is 4.98. The molecule has 0 N–H and O–H groups in total. The molecule has 0 bridgehead atoms. The molecule has 14 heavy (non-hydrogen) atoms. The third-order valence-electron chi connectivity index (χ3n) is 3.47. The molecule has 78 valence electrons. The van der Waals surface area contributed by atoms with Crippen molar-refractivity contribution in [3.05, 3.63) is 18.2 Å². The van der Waals surface area contributed by atoms with Crippen LogP contribution in [0.2, 0.25) is 0 Å². The Bertz CT molecular complexity index is 314. The first-order chi connectivity index (χ1) is 6.63. The van der Waals surface area contributed by atoms with Crippen LogP contribution in [0, 0.1) is 0 Å². The lowest BCUT2D eigenvalue weighted by Crippen LogP contribution is -2.47. The van der Waals surface area contributed by atoms with Gasteiger partial charge in [0.2, 0.25) is 0 Å². The van der Waals surface area contributed by atoms with Gasteiger partial charge in [0.25, 0.3) is 0 Å². The summed E-state index contributed by atoms with van der Waals surface area (Å²) in [7, 11) is 0. The third kappa shape index (κ3) is 1.57. The summed E-state index contributed by atoms with van der Waals surface area (Å²) >= 11 is 0. The van der Waals surface area contributed by atoms with Crippen LogP contribution >= 0.6 is 0 Å². The number of rotatable bonds is 2. The molecule has 0 unspecified atom stereocenters. The molecule has 1 aromatic heterocycles. The fourth-order valence-electron chi connectivity index (χ4n) is 1.91. The molecule has 1 aliphatic heterocycles. The van der Waals surface area contributed by atoms with Crippen LogP contribution in [0.5, 0.6) is 0 Å². The van der Waals surface area contributed by atoms with Crippen LogP contribution in [0.1, 0.15) is 33.0 Å². The molecule has 0 aromatic carbocycles. The second-order valence-electron chi connectivity index (χ2n) is 4.62. The molecule has 0 amide bonds. The van der Waals surface area contributed by atoms with Crippen LogP contribution < -0.4 is 0 Å². The highest BCUT2D eigenvalue weighted by Gasteiger charge is 2.28. The summed E-state index contributed by atoms with van der Waals surface area (Å²) in [6.07, 6.45) is 5.16. The molecule has 0 radical (unpaired) electrons. The Morgan fingerprint density at radius 1 is 1.43 bits per heavy atom. The summed E-state index contributed by atoms with van der Waals surface area (Å²) in [6, 6.07) is 0. The number of nitrogens with zero attached hydrogens (tertiary/aromatic N) is 3. The van der Waals surface area contributed by atoms with E-state index in [1.807, 2.05) is 6.20 Å². The summed E-state index contributed by atoms with van der Waals surface area (Å²) in [6.45, 7) is 10.1. The summed E-state index contributed by atoms with van der Waals surface area (Å²) in [5.41, 5.74) is 0.303. The zero-order valence-corrected chi connectivity index (χ0v) is 9.32. The monoisotopic (exact) mass is 193 g/mol. The normalized spacial score (nSPS) is 18.2. The predicted molar refractivity (Wildman–Crippen MR) is 57.0 cm³/mol. The maximum absolute atomic E-state index is 4.38. The zero-order valence-electron chi connectivity index (χ0n) is 9.32. The lowest BCUT2D eigenvalue weighted by Gasteiger charge is -2.40. The van der Waals surface area contributed by atoms with Crippen molar-refractivity contribution in [2.45, 2.75) is 45.8 Å². The zero-order chi connectivity index (χ0) is 10.2. The van der Waals surface area contributed by atoms with E-state index in [1.165, 1.54) is 12.2 Å². The Kier molecular flexibility index (Phi) is 2.35. The van der Waals surface area contributed by atoms with E-state index in [0.29, 0.717) is 5.54 Å². The Balaban J connectivity index is 2.15. The van der Waals surface area contributed by atoms with Crippen LogP contribution in [-0.2, 0) is 13.1 Å². The van der Waals surface area contributed by atoms with E-state index in [2.05, 4.69) is 41.4 Å². The largest absolute Gasteiger partial charge is 0.333 e. The lowest BCUT2D eigenvalue weighted by molar-refractivity contribution is 0.0823. The molecule has 1 aromatic rings. The first-order valence-corrected chi connectivity index (χ1v) is 5.38. The SMILES string of the molecule is CCC(C)(C)N1CCn2ccnc2C1. The van der Waals surface area contributed by atoms with Gasteiger partial charge in [-0.15, -0.1) is 0 Å². The van der Waals surface area contributed by atoms with Gasteiger partial charge in [0.05, 0.1) is 6.54 Å². The van der Waals surface area contributed by atoms with E-state index in [4.69, 9.17) is 0 Å². The highest BCUT2D eigenvalue weighted by atomic mass is 15.3. The molecule has 1 aliphatic rings. The summed E-state index contributed by atoms with van der Waals surface area (Å²) in [4.78, 5) is 6.90. The third-order valence-corrected chi connectivity index (χ3v) is 3.47. The van der Waals surface area contributed by atoms with Crippen molar-refractivity contribution in [1.29, 1.82) is 0 Å². The Hall–Kier alpha value is -0.830. The fraction of sp³-hybridized carbons (Fsp3) is 0.727. The van der Waals surface area contributed by atoms with Gasteiger partial charge in [-0.25, -0.2) is 4.98 Å². The van der Waals surface area contributed by atoms with Crippen molar-refractivity contribution in [3.8, 4) is 0 Å². The Labute approximate surface area is 85.7 Å². The van der Waals surface area contributed by atoms with Crippen LogP contribution in [0.25, 0.3) is 0 Å². The highest BCUT2D eigenvalue weighted by Crippen LogP contribution is 2.23. The van der Waals surface area contributed by atoms with Gasteiger partial charge in [-0.05, 0) is 20.3 Å². The van der Waals surface area contributed by atoms with E-state index in [9.17, 15) is 0 Å². The van der Waals surface area contributed by atoms with Gasteiger partial charge in [0.15, 0.2) is 0 Å². The number of fused-ring (bicyclic) bond motifs is 1. The maximum atomic E-state index is 4.38. The van der Waals surface area contributed by atoms with Gasteiger partial charge in [-0.2, -0.15) is 0 Å². The first-order valence-electron chi connectivity index (χ1n) is 5.38. The standard InChI is InChI=1S/C11H19N3/c1-4-11(2,3)14-8-7-13-6-5-12-10(13)9-14/h5-6H,4,7-9H2,1-3H3. The van der Waals surface area contributed by atoms with Gasteiger partial charge < -0.3 is 4.57 Å². The molecule has 0 saturated carbocycles. The quantitative estimate of drug-likeness (QED) is 0.715. The molecular weight excluding hydrogens is 174 g/mol. The van der Waals surface area contributed by atoms with Gasteiger partial charge in [0, 0.05) is 31.0 Å². The Morgan fingerprint density at radius 2 is 2.21 bits per heavy atom. The molecular formula is C11H19N3. The van der Waals surface area contributed by atoms with Gasteiger partial charge in [-0.3, -0.25) is 4.90 Å². The van der Waals surface area contributed by atoms with Crippen LogP contribution in [0.15, 0.2) is 12.4 Å². The van der Waals surface area contributed by atoms with E-state index >= 15 is 0 Å². The van der Waals surface area contributed by atoms with Crippen LogP contribution in [0.3, 0.4) is 0 Å². The van der Waals surface area contributed by atoms with Crippen molar-refractivity contribution in [1.82, 2.24) is 14.5 Å². The van der Waals surface area contributed by atoms with E-state index < -0.39 is 0 Å². The molecule has 2 heterocycles. The van der Waals surface area contributed by atoms with Crippen molar-refractivity contribution in [2.24, 2.45) is 0 Å². The van der Waals surface area contributed by atoms with Gasteiger partial charge in [-0.1, -0.05) is 6.92 Å². The number of hydrogen-bond donors (Lipinski definition) is 0. The van der Waals surface area contributed by atoms with Crippen LogP contribution in [0.4, 0.5) is 0 Å². The fourth-order valence-corrected chi connectivity index (χ4v) is 1.91. The van der Waals surface area contributed by atoms with Crippen LogP contribution in [-0.4, -0.2) is 26.5 Å². The number of hydrogen-bond acceptors (Lipinski definition) is 2. The van der Waals surface area contributed by atoms with E-state index in [1.54, 1.807) is 0 Å². The molecule has 0 saturated heterocycles. The minimum atomic E-state index is 0.303. The molecule has 0 spiro atoms. The molecule has 3 heteroatoms. The first kappa shape index (κ1) is 9.71. The molecule has 0 atom stereocenters. The van der Waals surface area contributed by atoms with Crippen molar-refractivity contribution in [2.75, 3.05) is 6.54 Å². The minimum absolute atomic E-state index is 0.303. The van der Waals surface area contributed by atoms with Gasteiger partial charge in [0.1, 0.15) is 5.82 Å². The number of aromatic nitrogens is 2. The minimum Gasteiger partial charge on any atom is -0.333 e. The van der Waals surface area contributed by atoms with Crippen molar-refractivity contribution in [3.63, 3.8) is 0 Å².